The Bertz CT molecular complexity index is 240. The minimum atomic E-state index is 0.675. The molecule has 0 aliphatic carbocycles. The number of hydrogen-bond donors (Lipinski definition) is 1. The average molecular weight is 138 g/mol. The summed E-state index contributed by atoms with van der Waals surface area (Å²) in [5.74, 6) is 0.826. The van der Waals surface area contributed by atoms with E-state index in [2.05, 4.69) is 5.32 Å². The van der Waals surface area contributed by atoms with Gasteiger partial charge in [-0.2, -0.15) is 0 Å². The molecule has 0 saturated heterocycles. The molecule has 1 heterocycles. The van der Waals surface area contributed by atoms with Crippen LogP contribution in [0.3, 0.4) is 0 Å². The van der Waals surface area contributed by atoms with Crippen LogP contribution < -0.4 is 5.32 Å². The lowest BCUT2D eigenvalue weighted by Gasteiger charge is -2.01. The van der Waals surface area contributed by atoms with E-state index in [1.54, 1.807) is 0 Å². The van der Waals surface area contributed by atoms with Crippen molar-refractivity contribution in [1.29, 1.82) is 0 Å². The Balaban J connectivity index is 2.93. The highest BCUT2D eigenvalue weighted by atomic mass is 16.1. The van der Waals surface area contributed by atoms with Gasteiger partial charge in [-0.3, -0.25) is 4.79 Å². The molecule has 0 unspecified atom stereocenters. The van der Waals surface area contributed by atoms with Crippen molar-refractivity contribution in [2.75, 3.05) is 5.32 Å². The van der Waals surface area contributed by atoms with E-state index >= 15 is 0 Å². The topological polar surface area (TPSA) is 34.0 Å². The molecule has 0 atom stereocenters. The van der Waals surface area contributed by atoms with E-state index in [0.29, 0.717) is 6.41 Å². The van der Waals surface area contributed by atoms with Gasteiger partial charge in [-0.05, 0) is 19.1 Å². The highest BCUT2D eigenvalue weighted by molar-refractivity contribution is 5.69. The summed E-state index contributed by atoms with van der Waals surface area (Å²) in [5, 5.41) is 2.58. The molecule has 54 valence electrons. The zero-order valence-electron chi connectivity index (χ0n) is 6.09. The quantitative estimate of drug-likeness (QED) is 0.605. The SMILES string of the molecule is Cc1ccc(NC=O)n1C. The van der Waals surface area contributed by atoms with Crippen LogP contribution in [0.1, 0.15) is 5.69 Å². The van der Waals surface area contributed by atoms with Crippen LogP contribution in [0.5, 0.6) is 0 Å². The summed E-state index contributed by atoms with van der Waals surface area (Å²) in [6.07, 6.45) is 0.675. The van der Waals surface area contributed by atoms with Gasteiger partial charge in [0.1, 0.15) is 5.82 Å². The molecule has 0 radical (unpaired) electrons. The maximum atomic E-state index is 10.0. The van der Waals surface area contributed by atoms with E-state index in [-0.39, 0.29) is 0 Å². The number of amides is 1. The van der Waals surface area contributed by atoms with E-state index in [4.69, 9.17) is 0 Å². The third-order valence-electron chi connectivity index (χ3n) is 1.58. The fourth-order valence-corrected chi connectivity index (χ4v) is 0.818. The van der Waals surface area contributed by atoms with E-state index in [9.17, 15) is 4.79 Å². The Morgan fingerprint density at radius 2 is 2.30 bits per heavy atom. The number of rotatable bonds is 2. The van der Waals surface area contributed by atoms with Crippen LogP contribution in [0, 0.1) is 6.92 Å². The van der Waals surface area contributed by atoms with Gasteiger partial charge in [0.15, 0.2) is 0 Å². The van der Waals surface area contributed by atoms with E-state index in [1.165, 1.54) is 0 Å². The first-order chi connectivity index (χ1) is 4.75. The van der Waals surface area contributed by atoms with Crippen molar-refractivity contribution in [2.24, 2.45) is 7.05 Å². The fourth-order valence-electron chi connectivity index (χ4n) is 0.818. The second-order valence-electron chi connectivity index (χ2n) is 2.18. The summed E-state index contributed by atoms with van der Waals surface area (Å²) in [6, 6.07) is 3.82. The van der Waals surface area contributed by atoms with Gasteiger partial charge in [0, 0.05) is 12.7 Å². The molecule has 0 spiro atoms. The van der Waals surface area contributed by atoms with Gasteiger partial charge in [0.05, 0.1) is 0 Å². The predicted molar refractivity (Wildman–Crippen MR) is 39.8 cm³/mol. The van der Waals surface area contributed by atoms with Crippen molar-refractivity contribution in [3.8, 4) is 0 Å². The van der Waals surface area contributed by atoms with Crippen molar-refractivity contribution in [3.63, 3.8) is 0 Å². The summed E-state index contributed by atoms with van der Waals surface area (Å²) >= 11 is 0. The Morgan fingerprint density at radius 3 is 2.70 bits per heavy atom. The number of aromatic nitrogens is 1. The minimum Gasteiger partial charge on any atom is -0.335 e. The predicted octanol–water partition coefficient (Wildman–Crippen LogP) is 0.902. The van der Waals surface area contributed by atoms with Gasteiger partial charge < -0.3 is 9.88 Å². The molecule has 1 rings (SSSR count). The fraction of sp³-hybridized carbons (Fsp3) is 0.286. The van der Waals surface area contributed by atoms with Crippen LogP contribution in [0.25, 0.3) is 0 Å². The van der Waals surface area contributed by atoms with E-state index < -0.39 is 0 Å². The Kier molecular flexibility index (Phi) is 1.76. The first kappa shape index (κ1) is 6.86. The lowest BCUT2D eigenvalue weighted by molar-refractivity contribution is -0.105. The summed E-state index contributed by atoms with van der Waals surface area (Å²) in [6.45, 7) is 1.98. The van der Waals surface area contributed by atoms with Crippen molar-refractivity contribution < 1.29 is 4.79 Å². The average Bonchev–Trinajstić information content (AvgIpc) is 2.20. The molecule has 1 aromatic heterocycles. The highest BCUT2D eigenvalue weighted by Gasteiger charge is 1.96. The molecule has 1 aromatic rings. The third-order valence-corrected chi connectivity index (χ3v) is 1.58. The molecule has 3 nitrogen and oxygen atoms in total. The maximum Gasteiger partial charge on any atom is 0.212 e. The summed E-state index contributed by atoms with van der Waals surface area (Å²) in [7, 11) is 1.90. The molecule has 3 heteroatoms. The molecule has 0 aliphatic heterocycles. The molecule has 1 N–H and O–H groups in total. The smallest absolute Gasteiger partial charge is 0.212 e. The largest absolute Gasteiger partial charge is 0.335 e. The number of anilines is 1. The van der Waals surface area contributed by atoms with E-state index in [1.807, 2.05) is 30.7 Å². The van der Waals surface area contributed by atoms with Gasteiger partial charge in [0.25, 0.3) is 0 Å². The zero-order chi connectivity index (χ0) is 7.56. The van der Waals surface area contributed by atoms with Crippen LogP contribution >= 0.6 is 0 Å². The Morgan fingerprint density at radius 1 is 1.60 bits per heavy atom. The molecule has 10 heavy (non-hydrogen) atoms. The monoisotopic (exact) mass is 138 g/mol. The number of aryl methyl sites for hydroxylation is 1. The van der Waals surface area contributed by atoms with Crippen LogP contribution in [0.4, 0.5) is 5.82 Å². The minimum absolute atomic E-state index is 0.675. The molecular formula is C7H10N2O. The Labute approximate surface area is 59.7 Å². The van der Waals surface area contributed by atoms with Gasteiger partial charge >= 0.3 is 0 Å². The van der Waals surface area contributed by atoms with Crippen molar-refractivity contribution in [2.45, 2.75) is 6.92 Å². The van der Waals surface area contributed by atoms with Crippen LogP contribution in [-0.4, -0.2) is 11.0 Å². The summed E-state index contributed by atoms with van der Waals surface area (Å²) in [5.41, 5.74) is 1.13. The first-order valence-electron chi connectivity index (χ1n) is 3.08. The van der Waals surface area contributed by atoms with Crippen molar-refractivity contribution in [3.05, 3.63) is 17.8 Å². The van der Waals surface area contributed by atoms with Gasteiger partial charge in [-0.15, -0.1) is 0 Å². The van der Waals surface area contributed by atoms with E-state index in [0.717, 1.165) is 11.5 Å². The Hall–Kier alpha value is -1.25. The lowest BCUT2D eigenvalue weighted by atomic mass is 10.5. The second kappa shape index (κ2) is 2.56. The maximum absolute atomic E-state index is 10.0. The number of nitrogens with zero attached hydrogens (tertiary/aromatic N) is 1. The third kappa shape index (κ3) is 1.03. The standard InChI is InChI=1S/C7H10N2O/c1-6-3-4-7(8-5-10)9(6)2/h3-5H,1-2H3,(H,8,10). The molecule has 0 aliphatic rings. The lowest BCUT2D eigenvalue weighted by Crippen LogP contribution is -2.00. The zero-order valence-corrected chi connectivity index (χ0v) is 6.09. The number of hydrogen-bond acceptors (Lipinski definition) is 1. The van der Waals surface area contributed by atoms with Crippen LogP contribution in [0.2, 0.25) is 0 Å². The van der Waals surface area contributed by atoms with Crippen LogP contribution in [-0.2, 0) is 11.8 Å². The summed E-state index contributed by atoms with van der Waals surface area (Å²) in [4.78, 5) is 10.0. The molecule has 1 amide bonds. The highest BCUT2D eigenvalue weighted by Crippen LogP contribution is 2.09. The van der Waals surface area contributed by atoms with Gasteiger partial charge in [-0.25, -0.2) is 0 Å². The van der Waals surface area contributed by atoms with Crippen molar-refractivity contribution >= 4 is 12.2 Å². The second-order valence-corrected chi connectivity index (χ2v) is 2.18. The molecule has 0 saturated carbocycles. The normalized spacial score (nSPS) is 9.40. The molecule has 0 fully saturated rings. The molecule has 0 aromatic carbocycles. The van der Waals surface area contributed by atoms with Crippen molar-refractivity contribution in [1.82, 2.24) is 4.57 Å². The molecule has 0 bridgehead atoms. The first-order valence-corrected chi connectivity index (χ1v) is 3.08. The summed E-state index contributed by atoms with van der Waals surface area (Å²) < 4.78 is 1.91. The number of carbonyl (C=O) groups is 1. The molecular weight excluding hydrogens is 128 g/mol. The van der Waals surface area contributed by atoms with Crippen LogP contribution in [0.15, 0.2) is 12.1 Å². The van der Waals surface area contributed by atoms with Gasteiger partial charge in [-0.1, -0.05) is 0 Å². The number of carbonyl (C=O) groups excluding carboxylic acids is 1. The number of nitrogens with one attached hydrogen (secondary N) is 1. The van der Waals surface area contributed by atoms with Gasteiger partial charge in [0.2, 0.25) is 6.41 Å².